The van der Waals surface area contributed by atoms with Crippen LogP contribution in [-0.4, -0.2) is 25.3 Å². The number of Topliss-reactive ketones (excluding diaryl/α,β-unsaturated/α-hetero) is 1. The average molecular weight is 308 g/mol. The molecule has 1 saturated heterocycles. The summed E-state index contributed by atoms with van der Waals surface area (Å²) in [4.78, 5) is 12.4. The molecule has 0 unspecified atom stereocenters. The number of rotatable bonds is 4. The summed E-state index contributed by atoms with van der Waals surface area (Å²) in [5.41, 5.74) is 0.540. The lowest BCUT2D eigenvalue weighted by molar-refractivity contribution is -0.225. The largest absolute Gasteiger partial charge is 0.352 e. The van der Waals surface area contributed by atoms with Crippen LogP contribution in [0, 0.1) is 28.1 Å². The summed E-state index contributed by atoms with van der Waals surface area (Å²) in [5, 5.41) is 0. The third-order valence-electron chi connectivity index (χ3n) is 6.58. The van der Waals surface area contributed by atoms with Crippen molar-refractivity contribution in [3.8, 4) is 0 Å². The van der Waals surface area contributed by atoms with Gasteiger partial charge in [-0.25, -0.2) is 0 Å². The molecule has 4 aliphatic rings. The normalized spacial score (nSPS) is 40.3. The van der Waals surface area contributed by atoms with Crippen LogP contribution in [0.1, 0.15) is 66.7 Å². The Kier molecular flexibility index (Phi) is 3.97. The Morgan fingerprint density at radius 2 is 1.73 bits per heavy atom. The van der Waals surface area contributed by atoms with Gasteiger partial charge >= 0.3 is 0 Å². The quantitative estimate of drug-likeness (QED) is 0.781. The number of carbonyl (C=O) groups is 1. The standard InChI is InChI=1S/C19H32O3/c1-17(2)11-21-16(22-12-17)7-6-8-19(5)10-14(20)13-9-15(19)18(13,3)4/h13,15-16H,6-12H2,1-5H3/t13-,15-,19+/m1/s1. The lowest BCUT2D eigenvalue weighted by atomic mass is 9.40. The van der Waals surface area contributed by atoms with Crippen molar-refractivity contribution in [2.24, 2.45) is 28.1 Å². The number of ether oxygens (including phenoxy) is 2. The predicted molar refractivity (Wildman–Crippen MR) is 86.4 cm³/mol. The average Bonchev–Trinajstić information content (AvgIpc) is 2.39. The topological polar surface area (TPSA) is 35.5 Å². The van der Waals surface area contributed by atoms with Gasteiger partial charge in [0.25, 0.3) is 0 Å². The van der Waals surface area contributed by atoms with E-state index < -0.39 is 0 Å². The van der Waals surface area contributed by atoms with Crippen molar-refractivity contribution >= 4 is 5.78 Å². The maximum absolute atomic E-state index is 12.4. The Morgan fingerprint density at radius 1 is 1.09 bits per heavy atom. The first kappa shape index (κ1) is 16.4. The van der Waals surface area contributed by atoms with E-state index in [1.807, 2.05) is 0 Å². The van der Waals surface area contributed by atoms with E-state index in [2.05, 4.69) is 34.6 Å². The molecule has 0 amide bonds. The third kappa shape index (κ3) is 2.75. The Balaban J connectivity index is 1.50. The molecule has 0 aromatic heterocycles. The zero-order valence-corrected chi connectivity index (χ0v) is 14.9. The summed E-state index contributed by atoms with van der Waals surface area (Å²) in [7, 11) is 0. The van der Waals surface area contributed by atoms with E-state index in [9.17, 15) is 4.79 Å². The van der Waals surface area contributed by atoms with Crippen LogP contribution in [0.25, 0.3) is 0 Å². The fraction of sp³-hybridized carbons (Fsp3) is 0.947. The second-order valence-corrected chi connectivity index (χ2v) is 9.57. The van der Waals surface area contributed by atoms with Gasteiger partial charge in [0.1, 0.15) is 5.78 Å². The van der Waals surface area contributed by atoms with Crippen molar-refractivity contribution in [3.63, 3.8) is 0 Å². The molecular weight excluding hydrogens is 276 g/mol. The van der Waals surface area contributed by atoms with Crippen LogP contribution in [0.5, 0.6) is 0 Å². The summed E-state index contributed by atoms with van der Waals surface area (Å²) in [6, 6.07) is 0. The van der Waals surface area contributed by atoms with Gasteiger partial charge < -0.3 is 9.47 Å². The van der Waals surface area contributed by atoms with E-state index in [4.69, 9.17) is 9.47 Å². The number of carbonyl (C=O) groups excluding carboxylic acids is 1. The van der Waals surface area contributed by atoms with Crippen LogP contribution < -0.4 is 0 Å². The summed E-state index contributed by atoms with van der Waals surface area (Å²) < 4.78 is 11.7. The molecule has 4 rings (SSSR count). The SMILES string of the molecule is CC1(C)COC(CCC[C@@]2(C)CC(=O)[C@H]3C[C@@H]2C3(C)C)OC1. The molecule has 0 radical (unpaired) electrons. The molecule has 0 aromatic carbocycles. The summed E-state index contributed by atoms with van der Waals surface area (Å²) in [6.45, 7) is 12.8. The van der Waals surface area contributed by atoms with Crippen LogP contribution in [0.2, 0.25) is 0 Å². The van der Waals surface area contributed by atoms with Gasteiger partial charge in [-0.05, 0) is 42.4 Å². The monoisotopic (exact) mass is 308 g/mol. The highest BCUT2D eigenvalue weighted by Crippen LogP contribution is 2.65. The minimum absolute atomic E-state index is 0.0435. The Labute approximate surface area is 135 Å². The zero-order chi connectivity index (χ0) is 16.2. The number of ketones is 1. The van der Waals surface area contributed by atoms with Crippen LogP contribution in [0.3, 0.4) is 0 Å². The maximum Gasteiger partial charge on any atom is 0.157 e. The molecular formula is C19H32O3. The molecule has 1 heterocycles. The molecule has 2 bridgehead atoms. The molecule has 3 aliphatic carbocycles. The maximum atomic E-state index is 12.4. The molecule has 3 saturated carbocycles. The molecule has 0 N–H and O–H groups in total. The molecule has 126 valence electrons. The Hall–Kier alpha value is -0.410. The minimum Gasteiger partial charge on any atom is -0.352 e. The molecule has 3 heteroatoms. The second kappa shape index (κ2) is 5.31. The van der Waals surface area contributed by atoms with E-state index in [-0.39, 0.29) is 22.5 Å². The van der Waals surface area contributed by atoms with Gasteiger partial charge in [-0.1, -0.05) is 34.6 Å². The van der Waals surface area contributed by atoms with Gasteiger partial charge in [0.15, 0.2) is 6.29 Å². The molecule has 3 nitrogen and oxygen atoms in total. The Bertz CT molecular complexity index is 444. The van der Waals surface area contributed by atoms with Crippen molar-refractivity contribution in [3.05, 3.63) is 0 Å². The van der Waals surface area contributed by atoms with Gasteiger partial charge in [0.05, 0.1) is 13.2 Å². The highest BCUT2D eigenvalue weighted by molar-refractivity contribution is 5.85. The van der Waals surface area contributed by atoms with Crippen molar-refractivity contribution < 1.29 is 14.3 Å². The minimum atomic E-state index is -0.0435. The zero-order valence-electron chi connectivity index (χ0n) is 14.9. The first-order valence-electron chi connectivity index (χ1n) is 8.90. The fourth-order valence-electron chi connectivity index (χ4n) is 5.13. The summed E-state index contributed by atoms with van der Waals surface area (Å²) in [6.07, 6.45) is 5.02. The van der Waals surface area contributed by atoms with E-state index in [1.54, 1.807) is 0 Å². The smallest absolute Gasteiger partial charge is 0.157 e. The first-order valence-corrected chi connectivity index (χ1v) is 8.90. The van der Waals surface area contributed by atoms with E-state index in [1.165, 1.54) is 0 Å². The van der Waals surface area contributed by atoms with Gasteiger partial charge in [-0.15, -0.1) is 0 Å². The van der Waals surface area contributed by atoms with Crippen LogP contribution >= 0.6 is 0 Å². The van der Waals surface area contributed by atoms with Crippen molar-refractivity contribution in [1.29, 1.82) is 0 Å². The molecule has 4 fully saturated rings. The van der Waals surface area contributed by atoms with Crippen LogP contribution in [0.15, 0.2) is 0 Å². The first-order chi connectivity index (χ1) is 10.1. The highest BCUT2D eigenvalue weighted by Gasteiger charge is 2.62. The van der Waals surface area contributed by atoms with Crippen LogP contribution in [0.4, 0.5) is 0 Å². The van der Waals surface area contributed by atoms with E-state index in [0.29, 0.717) is 17.6 Å². The highest BCUT2D eigenvalue weighted by atomic mass is 16.7. The van der Waals surface area contributed by atoms with Crippen molar-refractivity contribution in [2.75, 3.05) is 13.2 Å². The number of hydrogen-bond acceptors (Lipinski definition) is 3. The lowest BCUT2D eigenvalue weighted by Crippen LogP contribution is -2.61. The Morgan fingerprint density at radius 3 is 2.27 bits per heavy atom. The van der Waals surface area contributed by atoms with Crippen molar-refractivity contribution in [1.82, 2.24) is 0 Å². The molecule has 0 aromatic rings. The number of hydrogen-bond donors (Lipinski definition) is 0. The molecule has 22 heavy (non-hydrogen) atoms. The van der Waals surface area contributed by atoms with Crippen LogP contribution in [-0.2, 0) is 14.3 Å². The fourth-order valence-corrected chi connectivity index (χ4v) is 5.13. The predicted octanol–water partition coefficient (Wildman–Crippen LogP) is 4.20. The number of fused-ring (bicyclic) bond motifs is 2. The van der Waals surface area contributed by atoms with Gasteiger partial charge in [-0.2, -0.15) is 0 Å². The van der Waals surface area contributed by atoms with Gasteiger partial charge in [0.2, 0.25) is 0 Å². The summed E-state index contributed by atoms with van der Waals surface area (Å²) in [5.74, 6) is 1.54. The third-order valence-corrected chi connectivity index (χ3v) is 6.58. The molecule has 3 atom stereocenters. The molecule has 1 aliphatic heterocycles. The lowest BCUT2D eigenvalue weighted by Gasteiger charge is -2.63. The van der Waals surface area contributed by atoms with Gasteiger partial charge in [-0.3, -0.25) is 4.79 Å². The van der Waals surface area contributed by atoms with Crippen molar-refractivity contribution in [2.45, 2.75) is 73.0 Å². The van der Waals surface area contributed by atoms with E-state index in [0.717, 1.165) is 45.3 Å². The van der Waals surface area contributed by atoms with E-state index >= 15 is 0 Å². The second-order valence-electron chi connectivity index (χ2n) is 9.57. The summed E-state index contributed by atoms with van der Waals surface area (Å²) >= 11 is 0. The van der Waals surface area contributed by atoms with Gasteiger partial charge in [0, 0.05) is 17.8 Å². The molecule has 0 spiro atoms.